The highest BCUT2D eigenvalue weighted by Gasteiger charge is 2.28. The van der Waals surface area contributed by atoms with Crippen molar-refractivity contribution in [3.8, 4) is 12.1 Å². The van der Waals surface area contributed by atoms with Gasteiger partial charge in [0, 0.05) is 44.3 Å². The van der Waals surface area contributed by atoms with Crippen molar-refractivity contribution >= 4 is 46.5 Å². The number of ether oxygens (including phenoxy) is 1. The molecule has 0 radical (unpaired) electrons. The number of anilines is 4. The number of aromatic nitrogens is 4. The average Bonchev–Trinajstić information content (AvgIpc) is 3.74. The molecule has 3 aromatic rings. The summed E-state index contributed by atoms with van der Waals surface area (Å²) < 4.78 is 6.59. The van der Waals surface area contributed by atoms with Crippen LogP contribution < -0.4 is 20.9 Å². The third-order valence-corrected chi connectivity index (χ3v) is 8.55. The Morgan fingerprint density at radius 2 is 1.77 bits per heavy atom. The minimum atomic E-state index is -0.226. The third-order valence-electron chi connectivity index (χ3n) is 8.15. The summed E-state index contributed by atoms with van der Waals surface area (Å²) in [6.07, 6.45) is 7.02. The Morgan fingerprint density at radius 1 is 1.05 bits per heavy atom. The highest BCUT2D eigenvalue weighted by Crippen LogP contribution is 2.37. The van der Waals surface area contributed by atoms with Crippen LogP contribution in [0.25, 0.3) is 5.65 Å². The monoisotopic (exact) mass is 603 g/mol. The Kier molecular flexibility index (Phi) is 8.36. The molecular formula is C29H34ClN11O2. The van der Waals surface area contributed by atoms with E-state index in [0.29, 0.717) is 65.6 Å². The molecule has 3 aliphatic rings. The lowest BCUT2D eigenvalue weighted by molar-refractivity contribution is 0.0938. The van der Waals surface area contributed by atoms with Gasteiger partial charge in [0.1, 0.15) is 6.07 Å². The van der Waals surface area contributed by atoms with Gasteiger partial charge in [-0.3, -0.25) is 0 Å². The topological polar surface area (TPSA) is 160 Å². The molecule has 1 saturated carbocycles. The summed E-state index contributed by atoms with van der Waals surface area (Å²) in [5, 5.41) is 34.7. The number of hydrogen-bond donors (Lipinski definition) is 3. The van der Waals surface area contributed by atoms with Gasteiger partial charge in [-0.25, -0.2) is 9.78 Å². The van der Waals surface area contributed by atoms with Crippen LogP contribution in [-0.4, -0.2) is 81.5 Å². The third kappa shape index (κ3) is 6.38. The van der Waals surface area contributed by atoms with E-state index in [-0.39, 0.29) is 17.7 Å². The molecule has 1 aliphatic carbocycles. The Bertz CT molecular complexity index is 1580. The van der Waals surface area contributed by atoms with E-state index < -0.39 is 0 Å². The van der Waals surface area contributed by atoms with Crippen LogP contribution in [0.1, 0.15) is 56.7 Å². The average molecular weight is 604 g/mol. The van der Waals surface area contributed by atoms with E-state index in [9.17, 15) is 15.3 Å². The van der Waals surface area contributed by atoms with Crippen LogP contribution >= 0.6 is 11.6 Å². The zero-order chi connectivity index (χ0) is 29.9. The van der Waals surface area contributed by atoms with Gasteiger partial charge >= 0.3 is 6.09 Å². The Labute approximate surface area is 254 Å². The zero-order valence-corrected chi connectivity index (χ0v) is 24.8. The first-order valence-corrected chi connectivity index (χ1v) is 15.2. The molecule has 2 saturated heterocycles. The number of amides is 1. The van der Waals surface area contributed by atoms with Crippen molar-refractivity contribution in [1.82, 2.24) is 29.8 Å². The molecule has 0 bridgehead atoms. The Hall–Kier alpha value is -4.33. The fraction of sp³-hybridized carbons (Fsp3) is 0.517. The maximum Gasteiger partial charge on any atom is 0.409 e. The van der Waals surface area contributed by atoms with Gasteiger partial charge in [0.15, 0.2) is 17.2 Å². The number of nitrogens with one attached hydrogen (secondary N) is 3. The van der Waals surface area contributed by atoms with Crippen LogP contribution in [0.2, 0.25) is 5.02 Å². The number of carbonyl (C=O) groups excluding carboxylic acids is 1. The number of likely N-dealkylation sites (tertiary alicyclic amines) is 1. The van der Waals surface area contributed by atoms with Gasteiger partial charge < -0.3 is 30.5 Å². The normalized spacial score (nSPS) is 17.9. The molecule has 4 heterocycles. The van der Waals surface area contributed by atoms with Gasteiger partial charge in [-0.1, -0.05) is 11.6 Å². The maximum atomic E-state index is 12.0. The van der Waals surface area contributed by atoms with E-state index in [1.165, 1.54) is 10.7 Å². The van der Waals surface area contributed by atoms with E-state index in [0.717, 1.165) is 57.3 Å². The molecule has 3 N–H and O–H groups in total. The number of hydrogen-bond acceptors (Lipinski definition) is 11. The standard InChI is InChI=1S/C29H34ClN11O2/c1-2-43-29(42)40-11-7-21(8-12-40)34-20-5-9-39(10-6-20)24-14-18(15-31)13-23(25(24)30)36-28-37-26(35-19-3-4-19)27-33-17-22(16-32)41(27)38-28/h13-14,17,19-21,34H,2-12H2,1H3,(H2,35,36,37,38). The highest BCUT2D eigenvalue weighted by molar-refractivity contribution is 6.36. The zero-order valence-electron chi connectivity index (χ0n) is 24.0. The molecule has 1 aromatic carbocycles. The predicted octanol–water partition coefficient (Wildman–Crippen LogP) is 4.02. The molecule has 0 spiro atoms. The molecule has 0 atom stereocenters. The first-order chi connectivity index (χ1) is 20.9. The number of carbonyl (C=O) groups is 1. The summed E-state index contributed by atoms with van der Waals surface area (Å²) >= 11 is 6.95. The van der Waals surface area contributed by atoms with Crippen molar-refractivity contribution in [1.29, 1.82) is 10.5 Å². The highest BCUT2D eigenvalue weighted by atomic mass is 35.5. The minimum absolute atomic E-state index is 0.226. The number of benzene rings is 1. The number of imidazole rings is 1. The van der Waals surface area contributed by atoms with Crippen molar-refractivity contribution in [3.63, 3.8) is 0 Å². The molecule has 3 fully saturated rings. The first-order valence-electron chi connectivity index (χ1n) is 14.8. The number of piperidine rings is 2. The first kappa shape index (κ1) is 28.8. The van der Waals surface area contributed by atoms with Crippen LogP contribution in [0.15, 0.2) is 18.3 Å². The molecule has 6 rings (SSSR count). The molecule has 0 unspecified atom stereocenters. The lowest BCUT2D eigenvalue weighted by Crippen LogP contribution is -2.50. The fourth-order valence-corrected chi connectivity index (χ4v) is 5.98. The molecular weight excluding hydrogens is 570 g/mol. The summed E-state index contributed by atoms with van der Waals surface area (Å²) in [7, 11) is 0. The van der Waals surface area contributed by atoms with Crippen LogP contribution in [-0.2, 0) is 4.74 Å². The lowest BCUT2D eigenvalue weighted by Gasteiger charge is -2.38. The Morgan fingerprint density at radius 3 is 2.42 bits per heavy atom. The van der Waals surface area contributed by atoms with E-state index in [1.807, 2.05) is 13.0 Å². The van der Waals surface area contributed by atoms with Crippen molar-refractivity contribution < 1.29 is 9.53 Å². The van der Waals surface area contributed by atoms with Gasteiger partial charge in [0.25, 0.3) is 0 Å². The van der Waals surface area contributed by atoms with Crippen molar-refractivity contribution in [2.75, 3.05) is 48.3 Å². The van der Waals surface area contributed by atoms with E-state index >= 15 is 0 Å². The van der Waals surface area contributed by atoms with E-state index in [4.69, 9.17) is 16.3 Å². The summed E-state index contributed by atoms with van der Waals surface area (Å²) in [6.45, 7) is 5.19. The van der Waals surface area contributed by atoms with Gasteiger partial charge in [0.2, 0.25) is 5.95 Å². The maximum absolute atomic E-state index is 12.0. The molecule has 43 heavy (non-hydrogen) atoms. The molecule has 224 valence electrons. The number of nitriles is 2. The number of rotatable bonds is 8. The predicted molar refractivity (Wildman–Crippen MR) is 162 cm³/mol. The Balaban J connectivity index is 1.14. The summed E-state index contributed by atoms with van der Waals surface area (Å²) in [4.78, 5) is 25.0. The van der Waals surface area contributed by atoms with E-state index in [2.05, 4.69) is 48.1 Å². The fourth-order valence-electron chi connectivity index (χ4n) is 5.71. The number of fused-ring (bicyclic) bond motifs is 1. The second-order valence-electron chi connectivity index (χ2n) is 11.2. The summed E-state index contributed by atoms with van der Waals surface area (Å²) in [5.74, 6) is 0.778. The molecule has 2 aliphatic heterocycles. The van der Waals surface area contributed by atoms with Crippen molar-refractivity contribution in [2.45, 2.75) is 63.6 Å². The largest absolute Gasteiger partial charge is 0.450 e. The second kappa shape index (κ2) is 12.5. The minimum Gasteiger partial charge on any atom is -0.450 e. The van der Waals surface area contributed by atoms with Crippen LogP contribution in [0.3, 0.4) is 0 Å². The molecule has 2 aromatic heterocycles. The van der Waals surface area contributed by atoms with Crippen molar-refractivity contribution in [3.05, 3.63) is 34.6 Å². The lowest BCUT2D eigenvalue weighted by atomic mass is 9.99. The number of nitrogens with zero attached hydrogens (tertiary/aromatic N) is 8. The van der Waals surface area contributed by atoms with Crippen LogP contribution in [0, 0.1) is 22.7 Å². The van der Waals surface area contributed by atoms with Gasteiger partial charge in [-0.05, 0) is 57.6 Å². The van der Waals surface area contributed by atoms with Crippen LogP contribution in [0.4, 0.5) is 27.9 Å². The van der Waals surface area contributed by atoms with Gasteiger partial charge in [0.05, 0.1) is 40.8 Å². The quantitative estimate of drug-likeness (QED) is 0.341. The molecule has 1 amide bonds. The SMILES string of the molecule is CCOC(=O)N1CCC(NC2CCN(c3cc(C#N)cc(Nc4nc(NC5CC5)c5ncc(C#N)n5n4)c3Cl)CC2)CC1. The molecule has 14 heteroatoms. The van der Waals surface area contributed by atoms with E-state index in [1.54, 1.807) is 11.0 Å². The molecule has 13 nitrogen and oxygen atoms in total. The van der Waals surface area contributed by atoms with Gasteiger partial charge in [-0.15, -0.1) is 5.10 Å². The van der Waals surface area contributed by atoms with Crippen LogP contribution in [0.5, 0.6) is 0 Å². The van der Waals surface area contributed by atoms with Gasteiger partial charge in [-0.2, -0.15) is 20.0 Å². The summed E-state index contributed by atoms with van der Waals surface area (Å²) in [5.41, 5.74) is 2.53. The second-order valence-corrected chi connectivity index (χ2v) is 11.6. The number of halogens is 1. The smallest absolute Gasteiger partial charge is 0.409 e. The summed E-state index contributed by atoms with van der Waals surface area (Å²) in [6, 6.07) is 8.92. The van der Waals surface area contributed by atoms with Crippen molar-refractivity contribution in [2.24, 2.45) is 0 Å².